The molecule has 0 bridgehead atoms. The highest BCUT2D eigenvalue weighted by Gasteiger charge is 2.19. The second kappa shape index (κ2) is 7.28. The summed E-state index contributed by atoms with van der Waals surface area (Å²) >= 11 is 2.83. The predicted octanol–water partition coefficient (Wildman–Crippen LogP) is 3.57. The van der Waals surface area contributed by atoms with Gasteiger partial charge in [0, 0.05) is 16.8 Å². The summed E-state index contributed by atoms with van der Waals surface area (Å²) in [6, 6.07) is 7.42. The van der Waals surface area contributed by atoms with E-state index in [1.54, 1.807) is 4.68 Å². The Labute approximate surface area is 169 Å². The average molecular weight is 412 g/mol. The average Bonchev–Trinajstić information content (AvgIpc) is 3.26. The van der Waals surface area contributed by atoms with Gasteiger partial charge in [0.1, 0.15) is 10.7 Å². The summed E-state index contributed by atoms with van der Waals surface area (Å²) in [4.78, 5) is 23.3. The van der Waals surface area contributed by atoms with Gasteiger partial charge in [0.15, 0.2) is 0 Å². The van der Waals surface area contributed by atoms with Crippen molar-refractivity contribution in [2.24, 2.45) is 0 Å². The third-order valence-corrected chi connectivity index (χ3v) is 6.07. The lowest BCUT2D eigenvalue weighted by molar-refractivity contribution is 0.103. The van der Waals surface area contributed by atoms with Gasteiger partial charge in [0.2, 0.25) is 5.16 Å². The summed E-state index contributed by atoms with van der Waals surface area (Å²) in [5.41, 5.74) is 3.23. The van der Waals surface area contributed by atoms with Crippen molar-refractivity contribution >= 4 is 44.9 Å². The standard InChI is InChI=1S/C18H17N7OS2/c1-9-14-10(2)19-11(3)20-17(14)28-15(9)16(26)21-12-6-5-7-13(8-12)25-18(27-4)22-23-24-25/h5-8H,1-4H3,(H,21,26). The lowest BCUT2D eigenvalue weighted by Crippen LogP contribution is -2.12. The Morgan fingerprint density at radius 2 is 2.04 bits per heavy atom. The number of carbonyl (C=O) groups is 1. The van der Waals surface area contributed by atoms with E-state index in [9.17, 15) is 4.79 Å². The number of aryl methyl sites for hydroxylation is 3. The number of nitrogens with zero attached hydrogens (tertiary/aromatic N) is 6. The van der Waals surface area contributed by atoms with E-state index in [0.29, 0.717) is 21.5 Å². The minimum Gasteiger partial charge on any atom is -0.321 e. The van der Waals surface area contributed by atoms with Crippen molar-refractivity contribution in [3.05, 3.63) is 46.2 Å². The Hall–Kier alpha value is -2.85. The summed E-state index contributed by atoms with van der Waals surface area (Å²) in [5.74, 6) is 0.536. The normalized spacial score (nSPS) is 11.1. The maximum atomic E-state index is 12.9. The fourth-order valence-corrected chi connectivity index (χ4v) is 4.67. The van der Waals surface area contributed by atoms with Gasteiger partial charge < -0.3 is 5.32 Å². The Bertz CT molecular complexity index is 1200. The second-order valence-corrected chi connectivity index (χ2v) is 7.95. The van der Waals surface area contributed by atoms with Crippen LogP contribution in [0.3, 0.4) is 0 Å². The third-order valence-electron chi connectivity index (χ3n) is 4.26. The van der Waals surface area contributed by atoms with Gasteiger partial charge in [-0.05, 0) is 61.2 Å². The van der Waals surface area contributed by atoms with Gasteiger partial charge in [-0.15, -0.1) is 16.4 Å². The summed E-state index contributed by atoms with van der Waals surface area (Å²) in [6.07, 6.45) is 1.91. The molecule has 0 unspecified atom stereocenters. The van der Waals surface area contributed by atoms with Crippen molar-refractivity contribution in [3.8, 4) is 5.69 Å². The Morgan fingerprint density at radius 1 is 1.21 bits per heavy atom. The molecule has 1 N–H and O–H groups in total. The van der Waals surface area contributed by atoms with Gasteiger partial charge in [-0.1, -0.05) is 17.8 Å². The fourth-order valence-electron chi connectivity index (χ4n) is 3.06. The van der Waals surface area contributed by atoms with Crippen LogP contribution in [-0.2, 0) is 0 Å². The van der Waals surface area contributed by atoms with Crippen LogP contribution in [0, 0.1) is 20.8 Å². The van der Waals surface area contributed by atoms with Crippen molar-refractivity contribution < 1.29 is 4.79 Å². The molecule has 4 rings (SSSR count). The van der Waals surface area contributed by atoms with Gasteiger partial charge in [-0.2, -0.15) is 4.68 Å². The molecule has 0 fully saturated rings. The summed E-state index contributed by atoms with van der Waals surface area (Å²) in [5, 5.41) is 16.3. The van der Waals surface area contributed by atoms with Crippen LogP contribution in [0.25, 0.3) is 15.9 Å². The highest BCUT2D eigenvalue weighted by Crippen LogP contribution is 2.32. The highest BCUT2D eigenvalue weighted by atomic mass is 32.2. The topological polar surface area (TPSA) is 98.5 Å². The Morgan fingerprint density at radius 3 is 2.82 bits per heavy atom. The first-order chi connectivity index (χ1) is 13.5. The van der Waals surface area contributed by atoms with Gasteiger partial charge in [-0.25, -0.2) is 9.97 Å². The van der Waals surface area contributed by atoms with E-state index in [2.05, 4.69) is 30.8 Å². The van der Waals surface area contributed by atoms with Crippen molar-refractivity contribution in [1.29, 1.82) is 0 Å². The van der Waals surface area contributed by atoms with E-state index in [1.165, 1.54) is 23.1 Å². The number of thiophene rings is 1. The van der Waals surface area contributed by atoms with E-state index >= 15 is 0 Å². The fraction of sp³-hybridized carbons (Fsp3) is 0.222. The highest BCUT2D eigenvalue weighted by molar-refractivity contribution is 7.98. The molecular formula is C18H17N7OS2. The molecule has 0 spiro atoms. The van der Waals surface area contributed by atoms with Crippen LogP contribution in [0.15, 0.2) is 29.4 Å². The lowest BCUT2D eigenvalue weighted by atomic mass is 10.1. The van der Waals surface area contributed by atoms with E-state index in [1.807, 2.05) is 51.3 Å². The van der Waals surface area contributed by atoms with E-state index in [-0.39, 0.29) is 5.91 Å². The minimum absolute atomic E-state index is 0.170. The number of fused-ring (bicyclic) bond motifs is 1. The lowest BCUT2D eigenvalue weighted by Gasteiger charge is -2.08. The van der Waals surface area contributed by atoms with E-state index < -0.39 is 0 Å². The zero-order valence-electron chi connectivity index (χ0n) is 15.7. The first-order valence-electron chi connectivity index (χ1n) is 8.46. The molecule has 0 saturated heterocycles. The molecule has 0 aliphatic rings. The van der Waals surface area contributed by atoms with Crippen molar-refractivity contribution in [3.63, 3.8) is 0 Å². The maximum Gasteiger partial charge on any atom is 0.266 e. The first-order valence-corrected chi connectivity index (χ1v) is 10.5. The Kier molecular flexibility index (Phi) is 4.82. The molecule has 4 aromatic rings. The van der Waals surface area contributed by atoms with Crippen molar-refractivity contribution in [2.75, 3.05) is 11.6 Å². The number of benzene rings is 1. The summed E-state index contributed by atoms with van der Waals surface area (Å²) in [6.45, 7) is 5.73. The number of tetrazole rings is 1. The number of hydrogen-bond acceptors (Lipinski definition) is 8. The molecule has 0 radical (unpaired) electrons. The third kappa shape index (κ3) is 3.25. The minimum atomic E-state index is -0.170. The summed E-state index contributed by atoms with van der Waals surface area (Å²) < 4.78 is 1.63. The molecule has 3 aromatic heterocycles. The number of anilines is 1. The predicted molar refractivity (Wildman–Crippen MR) is 111 cm³/mol. The van der Waals surface area contributed by atoms with E-state index in [4.69, 9.17) is 0 Å². The quantitative estimate of drug-likeness (QED) is 0.513. The zero-order valence-corrected chi connectivity index (χ0v) is 17.4. The van der Waals surface area contributed by atoms with Gasteiger partial charge in [0.05, 0.1) is 10.6 Å². The molecule has 8 nitrogen and oxygen atoms in total. The van der Waals surface area contributed by atoms with Gasteiger partial charge in [-0.3, -0.25) is 4.79 Å². The SMILES string of the molecule is CSc1nnnn1-c1cccc(NC(=O)c2sc3nc(C)nc(C)c3c2C)c1. The number of carbonyl (C=O) groups excluding carboxylic acids is 1. The molecule has 1 amide bonds. The number of nitrogens with one attached hydrogen (secondary N) is 1. The number of rotatable bonds is 4. The zero-order chi connectivity index (χ0) is 19.8. The van der Waals surface area contributed by atoms with Gasteiger partial charge >= 0.3 is 0 Å². The molecule has 10 heteroatoms. The van der Waals surface area contributed by atoms with Crippen molar-refractivity contribution in [2.45, 2.75) is 25.9 Å². The van der Waals surface area contributed by atoms with Crippen molar-refractivity contribution in [1.82, 2.24) is 30.2 Å². The molecule has 0 saturated carbocycles. The number of aromatic nitrogens is 6. The van der Waals surface area contributed by atoms with Crippen LogP contribution in [0.4, 0.5) is 5.69 Å². The van der Waals surface area contributed by atoms with E-state index in [0.717, 1.165) is 27.2 Å². The number of hydrogen-bond donors (Lipinski definition) is 1. The van der Waals surface area contributed by atoms with Gasteiger partial charge in [0.25, 0.3) is 5.91 Å². The molecule has 0 aliphatic carbocycles. The molecule has 0 atom stereocenters. The first kappa shape index (κ1) is 18.5. The smallest absolute Gasteiger partial charge is 0.266 e. The number of thioether (sulfide) groups is 1. The molecule has 28 heavy (non-hydrogen) atoms. The monoisotopic (exact) mass is 411 g/mol. The summed E-state index contributed by atoms with van der Waals surface area (Å²) in [7, 11) is 0. The van der Waals surface area contributed by atoms with Crippen LogP contribution in [0.5, 0.6) is 0 Å². The van der Waals surface area contributed by atoms with Crippen LogP contribution in [0.2, 0.25) is 0 Å². The second-order valence-electron chi connectivity index (χ2n) is 6.17. The molecule has 142 valence electrons. The molecule has 3 heterocycles. The van der Waals surface area contributed by atoms with Crippen LogP contribution < -0.4 is 5.32 Å². The van der Waals surface area contributed by atoms with Crippen LogP contribution in [-0.4, -0.2) is 42.3 Å². The van der Waals surface area contributed by atoms with Crippen LogP contribution in [0.1, 0.15) is 26.8 Å². The number of amides is 1. The molecule has 1 aromatic carbocycles. The maximum absolute atomic E-state index is 12.9. The Balaban J connectivity index is 1.66. The molecular weight excluding hydrogens is 394 g/mol. The largest absolute Gasteiger partial charge is 0.321 e. The molecule has 0 aliphatic heterocycles. The van der Waals surface area contributed by atoms with Crippen LogP contribution >= 0.6 is 23.1 Å².